The van der Waals surface area contributed by atoms with Crippen molar-refractivity contribution >= 4 is 17.7 Å². The van der Waals surface area contributed by atoms with Crippen LogP contribution in [0.5, 0.6) is 0 Å². The normalized spacial score (nSPS) is 20.3. The Bertz CT molecular complexity index is 760. The molecular weight excluding hydrogens is 348 g/mol. The van der Waals surface area contributed by atoms with Crippen LogP contribution in [0.1, 0.15) is 37.1 Å². The summed E-state index contributed by atoms with van der Waals surface area (Å²) in [5, 5.41) is 9.65. The van der Waals surface area contributed by atoms with Crippen molar-refractivity contribution in [2.24, 2.45) is 0 Å². The second-order valence-electron chi connectivity index (χ2n) is 7.00. The van der Waals surface area contributed by atoms with Crippen LogP contribution in [0.25, 0.3) is 0 Å². The molecule has 1 amide bonds. The molecule has 1 aliphatic carbocycles. The number of rotatable bonds is 6. The molecule has 0 spiro atoms. The van der Waals surface area contributed by atoms with E-state index in [-0.39, 0.29) is 12.0 Å². The fourth-order valence-corrected chi connectivity index (χ4v) is 4.08. The van der Waals surface area contributed by atoms with Crippen molar-refractivity contribution in [1.29, 1.82) is 0 Å². The monoisotopic (exact) mass is 372 g/mol. The molecule has 6 nitrogen and oxygen atoms in total. The number of hydrogen-bond donors (Lipinski definition) is 0. The molecule has 1 aromatic carbocycles. The zero-order chi connectivity index (χ0) is 17.9. The fourth-order valence-electron chi connectivity index (χ4n) is 3.23. The van der Waals surface area contributed by atoms with Crippen LogP contribution in [0, 0.1) is 0 Å². The molecule has 0 radical (unpaired) electrons. The quantitative estimate of drug-likeness (QED) is 0.730. The molecule has 2 heterocycles. The van der Waals surface area contributed by atoms with Crippen molar-refractivity contribution in [2.45, 2.75) is 43.5 Å². The third-order valence-electron chi connectivity index (χ3n) is 4.79. The maximum absolute atomic E-state index is 12.5. The molecule has 2 aromatic rings. The summed E-state index contributed by atoms with van der Waals surface area (Å²) in [5.74, 6) is 2.12. The van der Waals surface area contributed by atoms with Gasteiger partial charge in [-0.25, -0.2) is 0 Å². The van der Waals surface area contributed by atoms with Gasteiger partial charge in [-0.1, -0.05) is 42.1 Å². The zero-order valence-corrected chi connectivity index (χ0v) is 15.8. The smallest absolute Gasteiger partial charge is 0.233 e. The SMILES string of the molecule is CC1CN(C(=O)CSc2nnc(C3CC3)n2Cc2ccccc2)CCO1. The molecule has 1 unspecified atom stereocenters. The third kappa shape index (κ3) is 4.10. The number of nitrogens with zero attached hydrogens (tertiary/aromatic N) is 4. The Kier molecular flexibility index (Phi) is 5.26. The van der Waals surface area contributed by atoms with Crippen LogP contribution in [0.2, 0.25) is 0 Å². The van der Waals surface area contributed by atoms with E-state index in [1.165, 1.54) is 30.2 Å². The maximum atomic E-state index is 12.5. The summed E-state index contributed by atoms with van der Waals surface area (Å²) in [6.07, 6.45) is 2.48. The minimum atomic E-state index is 0.112. The molecule has 1 atom stereocenters. The molecule has 1 saturated carbocycles. The molecule has 138 valence electrons. The Balaban J connectivity index is 1.45. The van der Waals surface area contributed by atoms with Gasteiger partial charge < -0.3 is 14.2 Å². The van der Waals surface area contributed by atoms with E-state index < -0.39 is 0 Å². The lowest BCUT2D eigenvalue weighted by Crippen LogP contribution is -2.45. The first-order valence-corrected chi connectivity index (χ1v) is 10.2. The minimum Gasteiger partial charge on any atom is -0.375 e. The van der Waals surface area contributed by atoms with E-state index in [4.69, 9.17) is 4.74 Å². The Labute approximate surface area is 157 Å². The Morgan fingerprint density at radius 2 is 2.08 bits per heavy atom. The molecule has 4 rings (SSSR count). The van der Waals surface area contributed by atoms with Gasteiger partial charge in [0.15, 0.2) is 5.16 Å². The van der Waals surface area contributed by atoms with Gasteiger partial charge >= 0.3 is 0 Å². The maximum Gasteiger partial charge on any atom is 0.233 e. The largest absolute Gasteiger partial charge is 0.375 e. The van der Waals surface area contributed by atoms with Gasteiger partial charge in [-0.3, -0.25) is 4.79 Å². The van der Waals surface area contributed by atoms with Crippen LogP contribution in [0.15, 0.2) is 35.5 Å². The number of aromatic nitrogens is 3. The van der Waals surface area contributed by atoms with Gasteiger partial charge in [0.05, 0.1) is 25.0 Å². The Morgan fingerprint density at radius 1 is 1.27 bits per heavy atom. The molecule has 1 aliphatic heterocycles. The second-order valence-corrected chi connectivity index (χ2v) is 7.94. The summed E-state index contributed by atoms with van der Waals surface area (Å²) in [7, 11) is 0. The lowest BCUT2D eigenvalue weighted by atomic mass is 10.2. The van der Waals surface area contributed by atoms with E-state index in [1.54, 1.807) is 0 Å². The van der Waals surface area contributed by atoms with E-state index in [1.807, 2.05) is 30.0 Å². The number of ether oxygens (including phenoxy) is 1. The Morgan fingerprint density at radius 3 is 2.81 bits per heavy atom. The number of morpholine rings is 1. The molecule has 26 heavy (non-hydrogen) atoms. The molecule has 0 bridgehead atoms. The number of benzene rings is 1. The van der Waals surface area contributed by atoms with Gasteiger partial charge in [-0.15, -0.1) is 10.2 Å². The zero-order valence-electron chi connectivity index (χ0n) is 15.0. The highest BCUT2D eigenvalue weighted by Gasteiger charge is 2.31. The van der Waals surface area contributed by atoms with Gasteiger partial charge in [0.2, 0.25) is 5.91 Å². The summed E-state index contributed by atoms with van der Waals surface area (Å²) in [4.78, 5) is 14.4. The average molecular weight is 372 g/mol. The summed E-state index contributed by atoms with van der Waals surface area (Å²) in [5.41, 5.74) is 1.23. The molecule has 7 heteroatoms. The van der Waals surface area contributed by atoms with Crippen LogP contribution < -0.4 is 0 Å². The predicted octanol–water partition coefficient (Wildman–Crippen LogP) is 2.54. The van der Waals surface area contributed by atoms with Crippen LogP contribution in [0.3, 0.4) is 0 Å². The first kappa shape index (κ1) is 17.5. The third-order valence-corrected chi connectivity index (χ3v) is 5.74. The van der Waals surface area contributed by atoms with Crippen molar-refractivity contribution in [1.82, 2.24) is 19.7 Å². The highest BCUT2D eigenvalue weighted by molar-refractivity contribution is 7.99. The van der Waals surface area contributed by atoms with Crippen LogP contribution in [0.4, 0.5) is 0 Å². The van der Waals surface area contributed by atoms with E-state index in [0.717, 1.165) is 17.5 Å². The van der Waals surface area contributed by atoms with Crippen molar-refractivity contribution in [3.63, 3.8) is 0 Å². The summed E-state index contributed by atoms with van der Waals surface area (Å²) in [6, 6.07) is 10.4. The van der Waals surface area contributed by atoms with Crippen molar-refractivity contribution in [3.05, 3.63) is 41.7 Å². The van der Waals surface area contributed by atoms with Gasteiger partial charge in [0.25, 0.3) is 0 Å². The first-order valence-electron chi connectivity index (χ1n) is 9.20. The lowest BCUT2D eigenvalue weighted by molar-refractivity contribution is -0.135. The Hall–Kier alpha value is -1.86. The molecule has 1 saturated heterocycles. The number of carbonyl (C=O) groups is 1. The summed E-state index contributed by atoms with van der Waals surface area (Å²) >= 11 is 1.49. The minimum absolute atomic E-state index is 0.112. The standard InChI is InChI=1S/C19H24N4O2S/c1-14-11-22(9-10-25-14)17(24)13-26-19-21-20-18(16-7-8-16)23(19)12-15-5-3-2-4-6-15/h2-6,14,16H,7-13H2,1H3. The van der Waals surface area contributed by atoms with E-state index in [9.17, 15) is 4.79 Å². The molecule has 2 fully saturated rings. The molecule has 0 N–H and O–H groups in total. The number of amides is 1. The summed E-state index contributed by atoms with van der Waals surface area (Å²) in [6.45, 7) is 4.72. The fraction of sp³-hybridized carbons (Fsp3) is 0.526. The molecule has 2 aliphatic rings. The van der Waals surface area contributed by atoms with E-state index in [2.05, 4.69) is 26.9 Å². The van der Waals surface area contributed by atoms with Crippen molar-refractivity contribution < 1.29 is 9.53 Å². The van der Waals surface area contributed by atoms with Crippen molar-refractivity contribution in [2.75, 3.05) is 25.4 Å². The highest BCUT2D eigenvalue weighted by atomic mass is 32.2. The lowest BCUT2D eigenvalue weighted by Gasteiger charge is -2.31. The van der Waals surface area contributed by atoms with Gasteiger partial charge in [-0.2, -0.15) is 0 Å². The predicted molar refractivity (Wildman–Crippen MR) is 100 cm³/mol. The van der Waals surface area contributed by atoms with Crippen LogP contribution in [-0.2, 0) is 16.1 Å². The highest BCUT2D eigenvalue weighted by Crippen LogP contribution is 2.40. The number of hydrogen-bond acceptors (Lipinski definition) is 5. The molecular formula is C19H24N4O2S. The number of thioether (sulfide) groups is 1. The van der Waals surface area contributed by atoms with E-state index >= 15 is 0 Å². The molecule has 1 aromatic heterocycles. The van der Waals surface area contributed by atoms with Crippen LogP contribution >= 0.6 is 11.8 Å². The van der Waals surface area contributed by atoms with Gasteiger partial charge in [0.1, 0.15) is 5.82 Å². The van der Waals surface area contributed by atoms with Gasteiger partial charge in [0, 0.05) is 19.0 Å². The topological polar surface area (TPSA) is 60.2 Å². The average Bonchev–Trinajstić information content (AvgIpc) is 3.43. The van der Waals surface area contributed by atoms with Gasteiger partial charge in [-0.05, 0) is 25.3 Å². The van der Waals surface area contributed by atoms with Crippen LogP contribution in [-0.4, -0.2) is 57.1 Å². The second kappa shape index (κ2) is 7.80. The number of carbonyl (C=O) groups excluding carboxylic acids is 1. The summed E-state index contributed by atoms with van der Waals surface area (Å²) < 4.78 is 7.70. The first-order chi connectivity index (χ1) is 12.7. The van der Waals surface area contributed by atoms with E-state index in [0.29, 0.717) is 31.4 Å². The van der Waals surface area contributed by atoms with Crippen molar-refractivity contribution in [3.8, 4) is 0 Å².